The molecule has 3 nitrogen and oxygen atoms in total. The summed E-state index contributed by atoms with van der Waals surface area (Å²) in [4.78, 5) is 2.18. The number of hydrogen-bond acceptors (Lipinski definition) is 3. The van der Waals surface area contributed by atoms with Crippen LogP contribution in [0.3, 0.4) is 0 Å². The zero-order valence-corrected chi connectivity index (χ0v) is 13.2. The number of hydrogen-bond donors (Lipinski definition) is 2. The summed E-state index contributed by atoms with van der Waals surface area (Å²) >= 11 is 6.42. The Morgan fingerprint density at radius 2 is 2.10 bits per heavy atom. The van der Waals surface area contributed by atoms with Crippen molar-refractivity contribution in [2.75, 3.05) is 18.5 Å². The van der Waals surface area contributed by atoms with Crippen LogP contribution < -0.4 is 10.2 Å². The fraction of sp³-hybridized carbons (Fsp3) is 0.625. The first-order chi connectivity index (χ1) is 9.65. The summed E-state index contributed by atoms with van der Waals surface area (Å²) in [7, 11) is 2.05. The van der Waals surface area contributed by atoms with Gasteiger partial charge in [0.15, 0.2) is 0 Å². The van der Waals surface area contributed by atoms with Gasteiger partial charge in [0.05, 0.1) is 22.9 Å². The van der Waals surface area contributed by atoms with Crippen molar-refractivity contribution >= 4 is 17.3 Å². The monoisotopic (exact) mass is 296 g/mol. The summed E-state index contributed by atoms with van der Waals surface area (Å²) in [5.74, 6) is 0. The fourth-order valence-corrected chi connectivity index (χ4v) is 3.39. The zero-order valence-electron chi connectivity index (χ0n) is 12.4. The SMILES string of the molecule is CCNCc1cccc(Cl)c1N(C)C1CCCCC1O. The second kappa shape index (κ2) is 7.30. The van der Waals surface area contributed by atoms with E-state index in [-0.39, 0.29) is 12.1 Å². The second-order valence-electron chi connectivity index (χ2n) is 5.56. The summed E-state index contributed by atoms with van der Waals surface area (Å²) < 4.78 is 0. The van der Waals surface area contributed by atoms with Gasteiger partial charge in [0.25, 0.3) is 0 Å². The van der Waals surface area contributed by atoms with Gasteiger partial charge in [-0.05, 0) is 31.0 Å². The van der Waals surface area contributed by atoms with E-state index in [9.17, 15) is 5.11 Å². The molecule has 0 aromatic heterocycles. The molecular formula is C16H25ClN2O. The third-order valence-corrected chi connectivity index (χ3v) is 4.48. The Morgan fingerprint density at radius 3 is 2.80 bits per heavy atom. The van der Waals surface area contributed by atoms with E-state index in [1.165, 1.54) is 12.0 Å². The molecule has 0 amide bonds. The Hall–Kier alpha value is -0.770. The first-order valence-electron chi connectivity index (χ1n) is 7.54. The van der Waals surface area contributed by atoms with E-state index >= 15 is 0 Å². The molecule has 2 unspecified atom stereocenters. The second-order valence-corrected chi connectivity index (χ2v) is 5.97. The maximum absolute atomic E-state index is 10.3. The summed E-state index contributed by atoms with van der Waals surface area (Å²) in [5, 5.41) is 14.4. The lowest BCUT2D eigenvalue weighted by atomic mass is 9.91. The highest BCUT2D eigenvalue weighted by Gasteiger charge is 2.28. The number of aliphatic hydroxyl groups is 1. The van der Waals surface area contributed by atoms with Crippen LogP contribution in [0.1, 0.15) is 38.2 Å². The van der Waals surface area contributed by atoms with Crippen LogP contribution in [0, 0.1) is 0 Å². The predicted octanol–water partition coefficient (Wildman–Crippen LogP) is 3.19. The number of nitrogens with zero attached hydrogens (tertiary/aromatic N) is 1. The first-order valence-corrected chi connectivity index (χ1v) is 7.92. The van der Waals surface area contributed by atoms with Crippen LogP contribution in [-0.2, 0) is 6.54 Å². The number of anilines is 1. The van der Waals surface area contributed by atoms with Crippen molar-refractivity contribution < 1.29 is 5.11 Å². The Labute approximate surface area is 126 Å². The van der Waals surface area contributed by atoms with E-state index in [1.807, 2.05) is 12.1 Å². The van der Waals surface area contributed by atoms with Crippen LogP contribution in [0.2, 0.25) is 5.02 Å². The number of nitrogens with one attached hydrogen (secondary N) is 1. The lowest BCUT2D eigenvalue weighted by Crippen LogP contribution is -2.44. The molecule has 1 aromatic rings. The Morgan fingerprint density at radius 1 is 1.35 bits per heavy atom. The van der Waals surface area contributed by atoms with Gasteiger partial charge in [0, 0.05) is 13.6 Å². The predicted molar refractivity (Wildman–Crippen MR) is 85.5 cm³/mol. The largest absolute Gasteiger partial charge is 0.391 e. The molecule has 1 aliphatic carbocycles. The Balaban J connectivity index is 2.25. The lowest BCUT2D eigenvalue weighted by Gasteiger charge is -2.38. The molecule has 0 bridgehead atoms. The van der Waals surface area contributed by atoms with Crippen LogP contribution in [0.25, 0.3) is 0 Å². The number of benzene rings is 1. The molecule has 1 saturated carbocycles. The molecule has 0 radical (unpaired) electrons. The van der Waals surface area contributed by atoms with E-state index < -0.39 is 0 Å². The van der Waals surface area contributed by atoms with Crippen LogP contribution in [0.15, 0.2) is 18.2 Å². The van der Waals surface area contributed by atoms with Crippen molar-refractivity contribution in [1.82, 2.24) is 5.32 Å². The molecule has 0 saturated heterocycles. The maximum atomic E-state index is 10.3. The molecule has 1 fully saturated rings. The zero-order chi connectivity index (χ0) is 14.5. The minimum Gasteiger partial charge on any atom is -0.391 e. The van der Waals surface area contributed by atoms with E-state index in [2.05, 4.69) is 30.3 Å². The topological polar surface area (TPSA) is 35.5 Å². The highest BCUT2D eigenvalue weighted by atomic mass is 35.5. The van der Waals surface area contributed by atoms with E-state index in [0.29, 0.717) is 0 Å². The number of aliphatic hydroxyl groups excluding tert-OH is 1. The highest BCUT2D eigenvalue weighted by Crippen LogP contribution is 2.34. The lowest BCUT2D eigenvalue weighted by molar-refractivity contribution is 0.106. The van der Waals surface area contributed by atoms with Crippen molar-refractivity contribution in [3.8, 4) is 0 Å². The Kier molecular flexibility index (Phi) is 5.70. The van der Waals surface area contributed by atoms with E-state index in [4.69, 9.17) is 11.6 Å². The van der Waals surface area contributed by atoms with Gasteiger partial charge in [-0.1, -0.05) is 43.5 Å². The van der Waals surface area contributed by atoms with Gasteiger partial charge < -0.3 is 15.3 Å². The van der Waals surface area contributed by atoms with Crippen molar-refractivity contribution in [2.24, 2.45) is 0 Å². The average Bonchev–Trinajstić information content (AvgIpc) is 2.45. The molecule has 20 heavy (non-hydrogen) atoms. The van der Waals surface area contributed by atoms with Crippen LogP contribution in [0.5, 0.6) is 0 Å². The smallest absolute Gasteiger partial charge is 0.0743 e. The fourth-order valence-electron chi connectivity index (χ4n) is 3.07. The normalized spacial score (nSPS) is 22.8. The number of para-hydroxylation sites is 1. The van der Waals surface area contributed by atoms with Gasteiger partial charge in [-0.3, -0.25) is 0 Å². The molecule has 0 spiro atoms. The minimum atomic E-state index is -0.253. The number of halogens is 1. The molecular weight excluding hydrogens is 272 g/mol. The first kappa shape index (κ1) is 15.6. The molecule has 2 N–H and O–H groups in total. The van der Waals surface area contributed by atoms with Gasteiger partial charge in [0.2, 0.25) is 0 Å². The highest BCUT2D eigenvalue weighted by molar-refractivity contribution is 6.33. The third-order valence-electron chi connectivity index (χ3n) is 4.18. The standard InChI is InChI=1S/C16H25ClN2O/c1-3-18-11-12-7-6-8-13(17)16(12)19(2)14-9-4-5-10-15(14)20/h6-8,14-15,18,20H,3-5,9-11H2,1-2H3. The van der Waals surface area contributed by atoms with E-state index in [0.717, 1.165) is 43.1 Å². The summed E-state index contributed by atoms with van der Waals surface area (Å²) in [6.07, 6.45) is 3.97. The molecule has 0 aliphatic heterocycles. The Bertz CT molecular complexity index is 438. The van der Waals surface area contributed by atoms with Gasteiger partial charge in [-0.2, -0.15) is 0 Å². The van der Waals surface area contributed by atoms with Gasteiger partial charge in [-0.15, -0.1) is 0 Å². The summed E-state index contributed by atoms with van der Waals surface area (Å²) in [6.45, 7) is 3.83. The van der Waals surface area contributed by atoms with Crippen molar-refractivity contribution in [2.45, 2.75) is 51.3 Å². The third kappa shape index (κ3) is 3.46. The van der Waals surface area contributed by atoms with Crippen LogP contribution in [-0.4, -0.2) is 30.8 Å². The minimum absolute atomic E-state index is 0.170. The number of likely N-dealkylation sites (N-methyl/N-ethyl adjacent to an activating group) is 1. The van der Waals surface area contributed by atoms with Crippen molar-refractivity contribution in [3.63, 3.8) is 0 Å². The molecule has 4 heteroatoms. The average molecular weight is 297 g/mol. The van der Waals surface area contributed by atoms with Gasteiger partial charge in [0.1, 0.15) is 0 Å². The summed E-state index contributed by atoms with van der Waals surface area (Å²) in [5.41, 5.74) is 2.25. The molecule has 112 valence electrons. The quantitative estimate of drug-likeness (QED) is 0.876. The van der Waals surface area contributed by atoms with Crippen molar-refractivity contribution in [1.29, 1.82) is 0 Å². The van der Waals surface area contributed by atoms with Crippen LogP contribution >= 0.6 is 11.6 Å². The number of rotatable bonds is 5. The van der Waals surface area contributed by atoms with Gasteiger partial charge in [-0.25, -0.2) is 0 Å². The van der Waals surface area contributed by atoms with E-state index in [1.54, 1.807) is 0 Å². The molecule has 1 aliphatic rings. The van der Waals surface area contributed by atoms with Crippen LogP contribution in [0.4, 0.5) is 5.69 Å². The van der Waals surface area contributed by atoms with Crippen molar-refractivity contribution in [3.05, 3.63) is 28.8 Å². The maximum Gasteiger partial charge on any atom is 0.0743 e. The molecule has 1 aromatic carbocycles. The van der Waals surface area contributed by atoms with Gasteiger partial charge >= 0.3 is 0 Å². The summed E-state index contributed by atoms with van der Waals surface area (Å²) in [6, 6.07) is 6.20. The molecule has 2 rings (SSSR count). The molecule has 2 atom stereocenters. The molecule has 0 heterocycles.